The Bertz CT molecular complexity index is 1190. The maximum absolute atomic E-state index is 12.6. The summed E-state index contributed by atoms with van der Waals surface area (Å²) in [5, 5.41) is 13.2. The molecule has 0 bridgehead atoms. The number of anilines is 1. The van der Waals surface area contributed by atoms with E-state index in [0.29, 0.717) is 21.5 Å². The van der Waals surface area contributed by atoms with Gasteiger partial charge in [0.25, 0.3) is 5.91 Å². The first kappa shape index (κ1) is 21.5. The largest absolute Gasteiger partial charge is 0.497 e. The molecule has 152 valence electrons. The zero-order valence-electron chi connectivity index (χ0n) is 16.7. The average molecular weight is 440 g/mol. The van der Waals surface area contributed by atoms with Gasteiger partial charge in [0.1, 0.15) is 17.4 Å². The van der Waals surface area contributed by atoms with Gasteiger partial charge in [-0.15, -0.1) is 0 Å². The molecule has 0 spiro atoms. The van der Waals surface area contributed by atoms with E-state index in [-0.39, 0.29) is 5.57 Å². The van der Waals surface area contributed by atoms with Gasteiger partial charge in [-0.1, -0.05) is 35.3 Å². The predicted molar refractivity (Wildman–Crippen MR) is 120 cm³/mol. The first-order chi connectivity index (χ1) is 14.3. The topological polar surface area (TPSA) is 67.0 Å². The van der Waals surface area contributed by atoms with Crippen LogP contribution in [0.25, 0.3) is 11.8 Å². The maximum Gasteiger partial charge on any atom is 0.266 e. The number of aromatic nitrogens is 1. The van der Waals surface area contributed by atoms with Crippen LogP contribution in [0.4, 0.5) is 5.69 Å². The van der Waals surface area contributed by atoms with E-state index in [4.69, 9.17) is 27.9 Å². The Balaban J connectivity index is 1.96. The van der Waals surface area contributed by atoms with Gasteiger partial charge < -0.3 is 14.6 Å². The number of halogens is 2. The summed E-state index contributed by atoms with van der Waals surface area (Å²) in [6, 6.07) is 16.2. The minimum atomic E-state index is -0.503. The Morgan fingerprint density at radius 3 is 2.60 bits per heavy atom. The molecule has 3 rings (SSSR count). The summed E-state index contributed by atoms with van der Waals surface area (Å²) in [5.74, 6) is 0.105. The summed E-state index contributed by atoms with van der Waals surface area (Å²) in [6.07, 6.45) is 1.56. The van der Waals surface area contributed by atoms with Gasteiger partial charge in [-0.3, -0.25) is 4.79 Å². The summed E-state index contributed by atoms with van der Waals surface area (Å²) < 4.78 is 7.10. The van der Waals surface area contributed by atoms with E-state index in [9.17, 15) is 10.1 Å². The van der Waals surface area contributed by atoms with E-state index in [1.807, 2.05) is 42.7 Å². The highest BCUT2D eigenvalue weighted by atomic mass is 35.5. The van der Waals surface area contributed by atoms with Crippen LogP contribution in [0.3, 0.4) is 0 Å². The van der Waals surface area contributed by atoms with Crippen molar-refractivity contribution in [3.63, 3.8) is 0 Å². The highest BCUT2D eigenvalue weighted by Crippen LogP contribution is 2.32. The smallest absolute Gasteiger partial charge is 0.266 e. The van der Waals surface area contributed by atoms with Crippen molar-refractivity contribution >= 4 is 40.9 Å². The molecule has 0 saturated heterocycles. The Hall–Kier alpha value is -3.20. The summed E-state index contributed by atoms with van der Waals surface area (Å²) in [4.78, 5) is 12.6. The second-order valence-electron chi connectivity index (χ2n) is 6.59. The second kappa shape index (κ2) is 9.08. The van der Waals surface area contributed by atoms with E-state index in [1.165, 1.54) is 0 Å². The molecule has 0 unspecified atom stereocenters. The first-order valence-electron chi connectivity index (χ1n) is 9.06. The fourth-order valence-corrected chi connectivity index (χ4v) is 3.55. The number of rotatable bonds is 5. The molecule has 0 fully saturated rings. The molecule has 0 aliphatic rings. The molecule has 0 atom stereocenters. The van der Waals surface area contributed by atoms with Crippen molar-refractivity contribution < 1.29 is 9.53 Å². The molecule has 1 amide bonds. The van der Waals surface area contributed by atoms with Crippen molar-refractivity contribution in [2.24, 2.45) is 0 Å². The lowest BCUT2D eigenvalue weighted by atomic mass is 10.1. The van der Waals surface area contributed by atoms with Crippen molar-refractivity contribution in [1.82, 2.24) is 4.57 Å². The number of nitrogens with zero attached hydrogens (tertiary/aromatic N) is 2. The van der Waals surface area contributed by atoms with Crippen molar-refractivity contribution in [2.45, 2.75) is 13.8 Å². The number of ether oxygens (including phenoxy) is 1. The van der Waals surface area contributed by atoms with E-state index < -0.39 is 5.91 Å². The first-order valence-corrected chi connectivity index (χ1v) is 9.81. The van der Waals surface area contributed by atoms with Crippen LogP contribution in [-0.4, -0.2) is 17.6 Å². The highest BCUT2D eigenvalue weighted by Gasteiger charge is 2.16. The number of amides is 1. The van der Waals surface area contributed by atoms with Crippen molar-refractivity contribution in [3.8, 4) is 17.5 Å². The molecule has 2 aromatic carbocycles. The molecule has 0 aliphatic carbocycles. The fraction of sp³-hybridized carbons (Fsp3) is 0.130. The number of nitrogens with one attached hydrogen (secondary N) is 1. The Morgan fingerprint density at radius 2 is 1.90 bits per heavy atom. The van der Waals surface area contributed by atoms with Crippen LogP contribution >= 0.6 is 23.2 Å². The third-order valence-corrected chi connectivity index (χ3v) is 5.44. The molecule has 5 nitrogen and oxygen atoms in total. The molecule has 0 saturated carbocycles. The van der Waals surface area contributed by atoms with E-state index in [0.717, 1.165) is 22.6 Å². The van der Waals surface area contributed by atoms with Gasteiger partial charge in [0.15, 0.2) is 0 Å². The molecule has 7 heteroatoms. The monoisotopic (exact) mass is 439 g/mol. The van der Waals surface area contributed by atoms with Gasteiger partial charge in [-0.2, -0.15) is 5.26 Å². The van der Waals surface area contributed by atoms with Crippen molar-refractivity contribution in [1.29, 1.82) is 5.26 Å². The number of methoxy groups -OCH3 is 1. The molecular weight excluding hydrogens is 421 g/mol. The van der Waals surface area contributed by atoms with Crippen LogP contribution in [-0.2, 0) is 4.79 Å². The second-order valence-corrected chi connectivity index (χ2v) is 7.38. The van der Waals surface area contributed by atoms with Crippen LogP contribution in [0.15, 0.2) is 54.1 Å². The Labute approximate surface area is 185 Å². The average Bonchev–Trinajstić information content (AvgIpc) is 3.01. The van der Waals surface area contributed by atoms with E-state index >= 15 is 0 Å². The lowest BCUT2D eigenvalue weighted by Gasteiger charge is -2.12. The van der Waals surface area contributed by atoms with Gasteiger partial charge in [-0.05, 0) is 55.8 Å². The van der Waals surface area contributed by atoms with Crippen LogP contribution in [0.1, 0.15) is 17.0 Å². The van der Waals surface area contributed by atoms with Gasteiger partial charge in [0, 0.05) is 23.1 Å². The molecule has 0 radical (unpaired) electrons. The number of carbonyl (C=O) groups excluding carboxylic acids is 1. The number of hydrogen-bond donors (Lipinski definition) is 1. The standard InChI is InChI=1S/C23H19Cl2N3O2/c1-14-10-16(15(2)28(14)21-9-5-8-20(24)22(21)25)11-17(13-26)23(29)27-18-6-4-7-19(12-18)30-3/h4-12H,1-3H3,(H,27,29)/b17-11-. The lowest BCUT2D eigenvalue weighted by Crippen LogP contribution is -2.13. The normalized spacial score (nSPS) is 11.1. The minimum absolute atomic E-state index is 0.0183. The van der Waals surface area contributed by atoms with Gasteiger partial charge >= 0.3 is 0 Å². The van der Waals surface area contributed by atoms with Gasteiger partial charge in [0.2, 0.25) is 0 Å². The van der Waals surface area contributed by atoms with Crippen LogP contribution < -0.4 is 10.1 Å². The Kier molecular flexibility index (Phi) is 6.51. The summed E-state index contributed by atoms with van der Waals surface area (Å²) >= 11 is 12.5. The predicted octanol–water partition coefficient (Wildman–Crippen LogP) is 5.96. The highest BCUT2D eigenvalue weighted by molar-refractivity contribution is 6.43. The molecule has 3 aromatic rings. The minimum Gasteiger partial charge on any atom is -0.497 e. The van der Waals surface area contributed by atoms with Crippen LogP contribution in [0.2, 0.25) is 10.0 Å². The lowest BCUT2D eigenvalue weighted by molar-refractivity contribution is -0.112. The van der Waals surface area contributed by atoms with E-state index in [2.05, 4.69) is 5.32 Å². The van der Waals surface area contributed by atoms with Crippen molar-refractivity contribution in [3.05, 3.63) is 81.1 Å². The SMILES string of the molecule is COc1cccc(NC(=O)/C(C#N)=C\c2cc(C)n(-c3cccc(Cl)c3Cl)c2C)c1. The molecule has 1 N–H and O–H groups in total. The number of aryl methyl sites for hydroxylation is 1. The van der Waals surface area contributed by atoms with Crippen LogP contribution in [0.5, 0.6) is 5.75 Å². The molecule has 1 heterocycles. The quantitative estimate of drug-likeness (QED) is 0.394. The summed E-state index contributed by atoms with van der Waals surface area (Å²) in [5.41, 5.74) is 3.72. The molecule has 0 aliphatic heterocycles. The Morgan fingerprint density at radius 1 is 1.17 bits per heavy atom. The number of hydrogen-bond acceptors (Lipinski definition) is 3. The van der Waals surface area contributed by atoms with E-state index in [1.54, 1.807) is 43.5 Å². The molecule has 30 heavy (non-hydrogen) atoms. The summed E-state index contributed by atoms with van der Waals surface area (Å²) in [7, 11) is 1.55. The maximum atomic E-state index is 12.6. The number of nitriles is 1. The van der Waals surface area contributed by atoms with Crippen LogP contribution in [0, 0.1) is 25.2 Å². The third-order valence-electron chi connectivity index (χ3n) is 4.63. The zero-order valence-corrected chi connectivity index (χ0v) is 18.2. The number of carbonyl (C=O) groups is 1. The van der Waals surface area contributed by atoms with Gasteiger partial charge in [-0.25, -0.2) is 0 Å². The molecular formula is C23H19Cl2N3O2. The molecule has 1 aromatic heterocycles. The fourth-order valence-electron chi connectivity index (χ4n) is 3.17. The zero-order chi connectivity index (χ0) is 21.8. The van der Waals surface area contributed by atoms with Crippen molar-refractivity contribution in [2.75, 3.05) is 12.4 Å². The summed E-state index contributed by atoms with van der Waals surface area (Å²) in [6.45, 7) is 3.81. The third kappa shape index (κ3) is 4.35. The van der Waals surface area contributed by atoms with Gasteiger partial charge in [0.05, 0.1) is 22.8 Å². The number of benzene rings is 2.